The van der Waals surface area contributed by atoms with Crippen LogP contribution in [-0.4, -0.2) is 22.0 Å². The van der Waals surface area contributed by atoms with Gasteiger partial charge < -0.3 is 15.2 Å². The zero-order valence-electron chi connectivity index (χ0n) is 15.1. The topological polar surface area (TPSA) is 97.1 Å². The largest absolute Gasteiger partial charge is 0.418 e. The van der Waals surface area contributed by atoms with E-state index in [0.717, 1.165) is 12.1 Å². The Hall–Kier alpha value is -3.43. The number of aryl methyl sites for hydroxylation is 2. The van der Waals surface area contributed by atoms with Gasteiger partial charge in [0.05, 0.1) is 27.9 Å². The molecule has 28 heavy (non-hydrogen) atoms. The van der Waals surface area contributed by atoms with Crippen molar-refractivity contribution < 1.29 is 27.3 Å². The van der Waals surface area contributed by atoms with Crippen LogP contribution in [0.4, 0.5) is 24.5 Å². The predicted octanol–water partition coefficient (Wildman–Crippen LogP) is 4.07. The van der Waals surface area contributed by atoms with Crippen molar-refractivity contribution in [2.75, 3.05) is 10.6 Å². The molecule has 10 heteroatoms. The normalized spacial score (nSPS) is 11.5. The van der Waals surface area contributed by atoms with E-state index in [2.05, 4.69) is 20.8 Å². The van der Waals surface area contributed by atoms with Crippen molar-refractivity contribution in [2.24, 2.45) is 0 Å². The number of nitrogens with one attached hydrogen (secondary N) is 2. The molecule has 0 spiro atoms. The van der Waals surface area contributed by atoms with Crippen molar-refractivity contribution >= 4 is 34.3 Å². The molecule has 0 radical (unpaired) electrons. The quantitative estimate of drug-likeness (QED) is 0.700. The molecule has 2 aromatic heterocycles. The van der Waals surface area contributed by atoms with Gasteiger partial charge in [-0.1, -0.05) is 5.16 Å². The number of aromatic nitrogens is 2. The first-order chi connectivity index (χ1) is 13.1. The summed E-state index contributed by atoms with van der Waals surface area (Å²) in [6.45, 7) is 4.40. The minimum atomic E-state index is -4.74. The second-order valence-electron chi connectivity index (χ2n) is 6.15. The molecule has 0 saturated heterocycles. The Morgan fingerprint density at radius 1 is 1.11 bits per heavy atom. The van der Waals surface area contributed by atoms with E-state index < -0.39 is 29.2 Å². The van der Waals surface area contributed by atoms with Crippen LogP contribution in [0.15, 0.2) is 28.8 Å². The number of nitrogens with zero attached hydrogens (tertiary/aromatic N) is 2. The lowest BCUT2D eigenvalue weighted by Crippen LogP contribution is -2.18. The number of halogens is 3. The molecule has 2 heterocycles. The molecule has 3 rings (SSSR count). The highest BCUT2D eigenvalue weighted by Crippen LogP contribution is 2.37. The maximum Gasteiger partial charge on any atom is 0.418 e. The molecule has 1 aromatic carbocycles. The Balaban J connectivity index is 2.03. The van der Waals surface area contributed by atoms with E-state index in [0.29, 0.717) is 16.8 Å². The average Bonchev–Trinajstić information content (AvgIpc) is 2.94. The fraction of sp³-hybridized carbons (Fsp3) is 0.222. The molecule has 0 saturated carbocycles. The predicted molar refractivity (Wildman–Crippen MR) is 95.0 cm³/mol. The van der Waals surface area contributed by atoms with Gasteiger partial charge in [-0.25, -0.2) is 4.98 Å². The van der Waals surface area contributed by atoms with Gasteiger partial charge in [0, 0.05) is 18.3 Å². The number of benzene rings is 1. The second-order valence-corrected chi connectivity index (χ2v) is 6.15. The Bertz CT molecular complexity index is 1090. The SMILES string of the molecule is CC(=O)Nc1ccc(NC(=O)c2cc(C)nc3onc(C)c23)c(C(F)(F)F)c1. The monoisotopic (exact) mass is 392 g/mol. The highest BCUT2D eigenvalue weighted by Gasteiger charge is 2.34. The van der Waals surface area contributed by atoms with Crippen molar-refractivity contribution in [1.82, 2.24) is 10.1 Å². The summed E-state index contributed by atoms with van der Waals surface area (Å²) in [4.78, 5) is 27.9. The Labute approximate surface area is 156 Å². The molecule has 146 valence electrons. The summed E-state index contributed by atoms with van der Waals surface area (Å²) >= 11 is 0. The molecule has 7 nitrogen and oxygen atoms in total. The summed E-state index contributed by atoms with van der Waals surface area (Å²) in [7, 11) is 0. The highest BCUT2D eigenvalue weighted by atomic mass is 19.4. The first-order valence-electron chi connectivity index (χ1n) is 8.10. The zero-order chi connectivity index (χ0) is 20.6. The third kappa shape index (κ3) is 3.80. The molecule has 2 amide bonds. The smallest absolute Gasteiger partial charge is 0.336 e. The number of hydrogen-bond acceptors (Lipinski definition) is 5. The van der Waals surface area contributed by atoms with Crippen molar-refractivity contribution in [2.45, 2.75) is 26.9 Å². The van der Waals surface area contributed by atoms with Gasteiger partial charge in [-0.3, -0.25) is 9.59 Å². The number of pyridine rings is 1. The molecule has 0 aliphatic heterocycles. The molecule has 0 unspecified atom stereocenters. The number of carbonyl (C=O) groups excluding carboxylic acids is 2. The van der Waals surface area contributed by atoms with E-state index in [1.807, 2.05) is 0 Å². The number of hydrogen-bond donors (Lipinski definition) is 2. The minimum absolute atomic E-state index is 0.0325. The molecule has 3 aromatic rings. The van der Waals surface area contributed by atoms with Crippen LogP contribution in [0.1, 0.15) is 34.2 Å². The maximum absolute atomic E-state index is 13.5. The van der Waals surface area contributed by atoms with Gasteiger partial charge >= 0.3 is 6.18 Å². The van der Waals surface area contributed by atoms with Crippen molar-refractivity contribution in [1.29, 1.82) is 0 Å². The van der Waals surface area contributed by atoms with Crippen LogP contribution in [0, 0.1) is 13.8 Å². The van der Waals surface area contributed by atoms with E-state index in [9.17, 15) is 22.8 Å². The number of alkyl halides is 3. The Morgan fingerprint density at radius 2 is 1.82 bits per heavy atom. The molecular weight excluding hydrogens is 377 g/mol. The highest BCUT2D eigenvalue weighted by molar-refractivity contribution is 6.12. The van der Waals surface area contributed by atoms with E-state index in [4.69, 9.17) is 4.52 Å². The van der Waals surface area contributed by atoms with Crippen LogP contribution in [0.5, 0.6) is 0 Å². The van der Waals surface area contributed by atoms with Crippen LogP contribution in [0.3, 0.4) is 0 Å². The molecule has 0 fully saturated rings. The number of rotatable bonds is 3. The third-order valence-electron chi connectivity index (χ3n) is 3.88. The standard InChI is InChI=1S/C18H15F3N4O3/c1-8-6-12(15-9(2)25-28-17(15)22-8)16(27)24-14-5-4-11(23-10(3)26)7-13(14)18(19,20)21/h4-7H,1-3H3,(H,23,26)(H,24,27). The fourth-order valence-corrected chi connectivity index (χ4v) is 2.76. The van der Waals surface area contributed by atoms with E-state index >= 15 is 0 Å². The summed E-state index contributed by atoms with van der Waals surface area (Å²) in [6, 6.07) is 4.55. The third-order valence-corrected chi connectivity index (χ3v) is 3.88. The van der Waals surface area contributed by atoms with Crippen LogP contribution in [-0.2, 0) is 11.0 Å². The van der Waals surface area contributed by atoms with Crippen LogP contribution >= 0.6 is 0 Å². The number of amides is 2. The number of fused-ring (bicyclic) bond motifs is 1. The van der Waals surface area contributed by atoms with Gasteiger partial charge in [-0.05, 0) is 38.1 Å². The van der Waals surface area contributed by atoms with E-state index in [1.54, 1.807) is 13.8 Å². The molecule has 0 bridgehead atoms. The van der Waals surface area contributed by atoms with Gasteiger partial charge in [0.2, 0.25) is 5.91 Å². The van der Waals surface area contributed by atoms with Crippen LogP contribution in [0.25, 0.3) is 11.1 Å². The van der Waals surface area contributed by atoms with Gasteiger partial charge in [0.25, 0.3) is 11.6 Å². The lowest BCUT2D eigenvalue weighted by Gasteiger charge is -2.16. The summed E-state index contributed by atoms with van der Waals surface area (Å²) in [5, 5.41) is 8.64. The zero-order valence-corrected chi connectivity index (χ0v) is 15.1. The second kappa shape index (κ2) is 6.95. The van der Waals surface area contributed by atoms with Crippen LogP contribution < -0.4 is 10.6 Å². The molecule has 2 N–H and O–H groups in total. The number of carbonyl (C=O) groups is 2. The van der Waals surface area contributed by atoms with Crippen molar-refractivity contribution in [3.63, 3.8) is 0 Å². The summed E-state index contributed by atoms with van der Waals surface area (Å²) < 4.78 is 45.4. The van der Waals surface area contributed by atoms with Crippen molar-refractivity contribution in [3.05, 3.63) is 46.8 Å². The molecule has 0 atom stereocenters. The first-order valence-corrected chi connectivity index (χ1v) is 8.10. The molecule has 0 aliphatic carbocycles. The van der Waals surface area contributed by atoms with Gasteiger partial charge in [0.1, 0.15) is 0 Å². The average molecular weight is 392 g/mol. The Morgan fingerprint density at radius 3 is 2.46 bits per heavy atom. The summed E-state index contributed by atoms with van der Waals surface area (Å²) in [5.41, 5.74) is -0.495. The lowest BCUT2D eigenvalue weighted by atomic mass is 10.1. The van der Waals surface area contributed by atoms with Gasteiger partial charge in [0.15, 0.2) is 0 Å². The van der Waals surface area contributed by atoms with E-state index in [-0.39, 0.29) is 17.0 Å². The molecular formula is C18H15F3N4O3. The van der Waals surface area contributed by atoms with Gasteiger partial charge in [-0.15, -0.1) is 0 Å². The lowest BCUT2D eigenvalue weighted by molar-refractivity contribution is -0.137. The molecule has 0 aliphatic rings. The van der Waals surface area contributed by atoms with Gasteiger partial charge in [-0.2, -0.15) is 13.2 Å². The summed E-state index contributed by atoms with van der Waals surface area (Å²) in [5.74, 6) is -1.28. The minimum Gasteiger partial charge on any atom is -0.336 e. The van der Waals surface area contributed by atoms with Crippen LogP contribution in [0.2, 0.25) is 0 Å². The Kier molecular flexibility index (Phi) is 4.80. The van der Waals surface area contributed by atoms with Crippen molar-refractivity contribution in [3.8, 4) is 0 Å². The maximum atomic E-state index is 13.5. The summed E-state index contributed by atoms with van der Waals surface area (Å²) in [6.07, 6.45) is -4.74. The van der Waals surface area contributed by atoms with E-state index in [1.165, 1.54) is 19.1 Å². The fourth-order valence-electron chi connectivity index (χ4n) is 2.76. The number of anilines is 2. The first kappa shape index (κ1) is 19.3.